The third kappa shape index (κ3) is 2.23. The van der Waals surface area contributed by atoms with Crippen molar-refractivity contribution in [2.45, 2.75) is 69.3 Å². The van der Waals surface area contributed by atoms with E-state index >= 15 is 4.39 Å². The van der Waals surface area contributed by atoms with Crippen LogP contribution in [0.15, 0.2) is 11.6 Å². The Morgan fingerprint density at radius 3 is 2.52 bits per heavy atom. The number of ketones is 3. The predicted molar refractivity (Wildman–Crippen MR) is 102 cm³/mol. The van der Waals surface area contributed by atoms with Crippen molar-refractivity contribution in [2.75, 3.05) is 0 Å². The summed E-state index contributed by atoms with van der Waals surface area (Å²) in [5.41, 5.74) is -1.41. The van der Waals surface area contributed by atoms with Crippen LogP contribution >= 0.6 is 23.2 Å². The van der Waals surface area contributed by atoms with E-state index in [9.17, 15) is 14.4 Å². The zero-order valence-electron chi connectivity index (χ0n) is 15.9. The molecule has 0 heterocycles. The lowest BCUT2D eigenvalue weighted by Gasteiger charge is -2.63. The summed E-state index contributed by atoms with van der Waals surface area (Å²) in [6.45, 7) is 5.37. The molecule has 0 aromatic heterocycles. The minimum absolute atomic E-state index is 0.0425. The van der Waals surface area contributed by atoms with Gasteiger partial charge in [-0.05, 0) is 68.4 Å². The second-order valence-corrected chi connectivity index (χ2v) is 10.5. The maximum atomic E-state index is 15.3. The van der Waals surface area contributed by atoms with Crippen LogP contribution in [0.4, 0.5) is 4.39 Å². The summed E-state index contributed by atoms with van der Waals surface area (Å²) >= 11 is 14.1. The molecule has 4 aliphatic rings. The van der Waals surface area contributed by atoms with E-state index in [4.69, 9.17) is 23.2 Å². The lowest BCUT2D eigenvalue weighted by Crippen LogP contribution is -2.69. The molecule has 4 rings (SSSR count). The quantitative estimate of drug-likeness (QED) is 0.470. The topological polar surface area (TPSA) is 51.2 Å². The fourth-order valence-corrected chi connectivity index (χ4v) is 8.26. The smallest absolute Gasteiger partial charge is 0.163 e. The van der Waals surface area contributed by atoms with Gasteiger partial charge in [0.1, 0.15) is 12.0 Å². The molecule has 148 valence electrons. The zero-order chi connectivity index (χ0) is 19.9. The van der Waals surface area contributed by atoms with E-state index in [0.29, 0.717) is 6.42 Å². The van der Waals surface area contributed by atoms with Gasteiger partial charge in [-0.3, -0.25) is 14.4 Å². The van der Waals surface area contributed by atoms with Crippen LogP contribution in [0.25, 0.3) is 0 Å². The van der Waals surface area contributed by atoms with Gasteiger partial charge < -0.3 is 0 Å². The first-order valence-corrected chi connectivity index (χ1v) is 10.5. The van der Waals surface area contributed by atoms with E-state index < -0.39 is 21.8 Å². The molecule has 27 heavy (non-hydrogen) atoms. The van der Waals surface area contributed by atoms with Gasteiger partial charge in [0.15, 0.2) is 11.6 Å². The van der Waals surface area contributed by atoms with Gasteiger partial charge in [-0.15, -0.1) is 23.2 Å². The molecule has 0 bridgehead atoms. The monoisotopic (exact) mass is 414 g/mol. The van der Waals surface area contributed by atoms with Gasteiger partial charge in [-0.2, -0.15) is 0 Å². The highest BCUT2D eigenvalue weighted by Crippen LogP contribution is 2.71. The molecule has 8 atom stereocenters. The molecule has 0 saturated heterocycles. The molecular formula is C21H25Cl2FO3. The normalized spacial score (nSPS) is 51.9. The number of allylic oxidation sites excluding steroid dienone is 1. The van der Waals surface area contributed by atoms with Crippen molar-refractivity contribution >= 4 is 40.6 Å². The Bertz CT molecular complexity index is 779. The van der Waals surface area contributed by atoms with Crippen LogP contribution in [-0.2, 0) is 14.4 Å². The summed E-state index contributed by atoms with van der Waals surface area (Å²) in [4.78, 5) is 36.1. The number of hydrogen-bond donors (Lipinski definition) is 0. The number of hydrogen-bond acceptors (Lipinski definition) is 3. The number of halogens is 3. The molecular weight excluding hydrogens is 390 g/mol. The summed E-state index contributed by atoms with van der Waals surface area (Å²) in [7, 11) is 0. The van der Waals surface area contributed by atoms with Crippen LogP contribution in [0.5, 0.6) is 0 Å². The number of carbonyl (C=O) groups is 3. The van der Waals surface area contributed by atoms with Crippen molar-refractivity contribution in [1.29, 1.82) is 0 Å². The maximum absolute atomic E-state index is 15.3. The van der Waals surface area contributed by atoms with Crippen LogP contribution in [0.1, 0.15) is 52.9 Å². The number of carbonyl (C=O) groups excluding carboxylic acids is 3. The van der Waals surface area contributed by atoms with Gasteiger partial charge in [0, 0.05) is 5.92 Å². The average molecular weight is 415 g/mol. The minimum atomic E-state index is -1.39. The molecule has 2 unspecified atom stereocenters. The second kappa shape index (κ2) is 5.89. The number of fused-ring (bicyclic) bond motifs is 5. The Kier molecular flexibility index (Phi) is 4.27. The van der Waals surface area contributed by atoms with E-state index in [1.165, 1.54) is 6.08 Å². The highest BCUT2D eigenvalue weighted by atomic mass is 35.5. The third-order valence-electron chi connectivity index (χ3n) is 8.35. The molecule has 6 heteroatoms. The molecule has 0 N–H and O–H groups in total. The van der Waals surface area contributed by atoms with Crippen LogP contribution in [0.3, 0.4) is 0 Å². The van der Waals surface area contributed by atoms with Gasteiger partial charge in [0.2, 0.25) is 0 Å². The first-order valence-electron chi connectivity index (χ1n) is 9.73. The van der Waals surface area contributed by atoms with E-state index in [1.807, 2.05) is 0 Å². The molecule has 3 nitrogen and oxygen atoms in total. The molecule has 0 radical (unpaired) electrons. The first kappa shape index (κ1) is 19.6. The Morgan fingerprint density at radius 1 is 1.22 bits per heavy atom. The number of rotatable bonds is 1. The summed E-state index contributed by atoms with van der Waals surface area (Å²) in [5.74, 6) is -0.915. The summed E-state index contributed by atoms with van der Waals surface area (Å²) in [5, 5.41) is -0.580. The van der Waals surface area contributed by atoms with Crippen LogP contribution in [0.2, 0.25) is 0 Å². The number of Topliss-reactive ketones (excluding diaryl/α,β-unsaturated/α-hetero) is 2. The number of alkyl halides is 3. The van der Waals surface area contributed by atoms with Crippen LogP contribution < -0.4 is 0 Å². The third-order valence-corrected chi connectivity index (χ3v) is 9.88. The van der Waals surface area contributed by atoms with Crippen molar-refractivity contribution in [3.63, 3.8) is 0 Å². The average Bonchev–Trinajstić information content (AvgIpc) is 2.90. The van der Waals surface area contributed by atoms with E-state index in [0.717, 1.165) is 12.8 Å². The van der Waals surface area contributed by atoms with Crippen molar-refractivity contribution in [3.8, 4) is 0 Å². The Morgan fingerprint density at radius 2 is 1.89 bits per heavy atom. The Labute approximate surface area is 169 Å². The lowest BCUT2D eigenvalue weighted by atomic mass is 9.45. The highest BCUT2D eigenvalue weighted by Gasteiger charge is 2.73. The van der Waals surface area contributed by atoms with Crippen molar-refractivity contribution in [1.82, 2.24) is 0 Å². The van der Waals surface area contributed by atoms with Gasteiger partial charge >= 0.3 is 0 Å². The molecule has 3 saturated carbocycles. The zero-order valence-corrected chi connectivity index (χ0v) is 17.4. The molecule has 3 fully saturated rings. The van der Waals surface area contributed by atoms with Gasteiger partial charge in [-0.25, -0.2) is 4.39 Å². The van der Waals surface area contributed by atoms with E-state index in [1.54, 1.807) is 13.8 Å². The van der Waals surface area contributed by atoms with Gasteiger partial charge in [-0.1, -0.05) is 6.92 Å². The van der Waals surface area contributed by atoms with Crippen molar-refractivity contribution < 1.29 is 18.8 Å². The molecule has 0 aromatic rings. The first-order chi connectivity index (χ1) is 12.5. The minimum Gasteiger partial charge on any atom is -0.300 e. The summed E-state index contributed by atoms with van der Waals surface area (Å²) in [6, 6.07) is 0. The van der Waals surface area contributed by atoms with E-state index in [-0.39, 0.29) is 58.9 Å². The summed E-state index contributed by atoms with van der Waals surface area (Å²) in [6.07, 6.45) is 1.86. The second-order valence-electron chi connectivity index (χ2n) is 9.39. The van der Waals surface area contributed by atoms with Gasteiger partial charge in [0.05, 0.1) is 22.1 Å². The predicted octanol–water partition coefficient (Wildman–Crippen LogP) is 4.43. The lowest BCUT2D eigenvalue weighted by molar-refractivity contribution is -0.141. The fourth-order valence-electron chi connectivity index (χ4n) is 7.02. The fraction of sp³-hybridized carbons (Fsp3) is 0.762. The largest absolute Gasteiger partial charge is 0.300 e. The molecule has 4 aliphatic carbocycles. The SMILES string of the molecule is CC(=O)[C@H]1CC[C@H]2[C@@H]3CC(F)C4=CC(=O)CC(=O)[C@]4(C)[C@@]3(Cl)C(Cl)C[C@]12C. The van der Waals surface area contributed by atoms with Crippen molar-refractivity contribution in [3.05, 3.63) is 11.6 Å². The molecule has 0 aliphatic heterocycles. The maximum Gasteiger partial charge on any atom is 0.163 e. The van der Waals surface area contributed by atoms with Crippen LogP contribution in [-0.4, -0.2) is 33.8 Å². The summed E-state index contributed by atoms with van der Waals surface area (Å²) < 4.78 is 15.3. The molecule has 0 amide bonds. The standard InChI is InChI=1S/C21H25Cl2FO3/c1-10(25)12-4-5-13-14-8-16(24)15-6-11(26)7-18(27)20(15,3)21(14,23)17(22)9-19(12,13)2/h6,12-14,16-17H,4-5,7-9H2,1-3H3/t12-,13+,14+,16?,17?,19-,20-,21+/m1/s1. The Hall–Kier alpha value is -0.740. The van der Waals surface area contributed by atoms with Gasteiger partial charge in [0.25, 0.3) is 0 Å². The molecule has 0 spiro atoms. The molecule has 0 aromatic carbocycles. The Balaban J connectivity index is 1.87. The van der Waals surface area contributed by atoms with Crippen LogP contribution in [0, 0.1) is 28.6 Å². The van der Waals surface area contributed by atoms with Crippen molar-refractivity contribution in [2.24, 2.45) is 28.6 Å². The van der Waals surface area contributed by atoms with E-state index in [2.05, 4.69) is 6.92 Å². The highest BCUT2D eigenvalue weighted by molar-refractivity contribution is 6.35.